The summed E-state index contributed by atoms with van der Waals surface area (Å²) in [6, 6.07) is 18.1. The first kappa shape index (κ1) is 18.9. The van der Waals surface area contributed by atoms with Crippen LogP contribution in [0.15, 0.2) is 65.1 Å². The van der Waals surface area contributed by atoms with Gasteiger partial charge < -0.3 is 9.15 Å². The number of carbonyl (C=O) groups excluding carboxylic acids is 2. The van der Waals surface area contributed by atoms with E-state index in [9.17, 15) is 9.59 Å². The third-order valence-corrected chi connectivity index (χ3v) is 5.01. The van der Waals surface area contributed by atoms with Gasteiger partial charge in [0.15, 0.2) is 10.9 Å². The molecule has 2 aromatic heterocycles. The van der Waals surface area contributed by atoms with Crippen LogP contribution in [0.3, 0.4) is 0 Å². The maximum absolute atomic E-state index is 12.5. The predicted octanol–water partition coefficient (Wildman–Crippen LogP) is 5.37. The van der Waals surface area contributed by atoms with Crippen molar-refractivity contribution in [1.82, 2.24) is 4.98 Å². The van der Waals surface area contributed by atoms with E-state index in [0.29, 0.717) is 22.0 Å². The summed E-state index contributed by atoms with van der Waals surface area (Å²) in [5.41, 5.74) is 2.04. The summed E-state index contributed by atoms with van der Waals surface area (Å²) in [7, 11) is 0. The highest BCUT2D eigenvalue weighted by molar-refractivity contribution is 7.22. The minimum absolute atomic E-state index is 0.191. The smallest absolute Gasteiger partial charge is 0.338 e. The summed E-state index contributed by atoms with van der Waals surface area (Å²) < 4.78 is 11.7. The van der Waals surface area contributed by atoms with E-state index in [4.69, 9.17) is 9.15 Å². The van der Waals surface area contributed by atoms with Crippen molar-refractivity contribution in [1.29, 1.82) is 0 Å². The van der Waals surface area contributed by atoms with Crippen molar-refractivity contribution >= 4 is 38.6 Å². The van der Waals surface area contributed by atoms with Gasteiger partial charge in [0, 0.05) is 5.56 Å². The number of aromatic nitrogens is 1. The fourth-order valence-corrected chi connectivity index (χ4v) is 3.66. The van der Waals surface area contributed by atoms with Crippen LogP contribution in [0.5, 0.6) is 0 Å². The Morgan fingerprint density at radius 1 is 1.07 bits per heavy atom. The summed E-state index contributed by atoms with van der Waals surface area (Å²) in [6.07, 6.45) is -0.191. The van der Waals surface area contributed by atoms with Crippen LogP contribution < -0.4 is 5.32 Å². The number of nitrogens with zero attached hydrogens (tertiary/aromatic N) is 1. The number of esters is 1. The summed E-state index contributed by atoms with van der Waals surface area (Å²) in [5.74, 6) is 0.0493. The van der Waals surface area contributed by atoms with E-state index in [1.807, 2.05) is 30.3 Å². The van der Waals surface area contributed by atoms with Crippen LogP contribution in [-0.4, -0.2) is 23.0 Å². The molecular formula is C22H18N2O4S. The summed E-state index contributed by atoms with van der Waals surface area (Å²) in [5, 5.41) is 3.18. The number of thiazole rings is 1. The molecule has 4 aromatic rings. The molecule has 0 saturated carbocycles. The van der Waals surface area contributed by atoms with Crippen molar-refractivity contribution in [3.8, 4) is 11.3 Å². The van der Waals surface area contributed by atoms with Crippen LogP contribution in [0, 0.1) is 0 Å². The molecule has 0 unspecified atom stereocenters. The second-order valence-electron chi connectivity index (χ2n) is 6.64. The molecule has 4 rings (SSSR count). The van der Waals surface area contributed by atoms with E-state index < -0.39 is 0 Å². The SMILES string of the molecule is CC(C)OC(=O)c1ccc2nc(NC(=O)c3ccc(-c4ccccc4)o3)sc2c1. The predicted molar refractivity (Wildman–Crippen MR) is 112 cm³/mol. The van der Waals surface area contributed by atoms with Crippen LogP contribution >= 0.6 is 11.3 Å². The van der Waals surface area contributed by atoms with Crippen molar-refractivity contribution in [2.45, 2.75) is 20.0 Å². The molecule has 2 heterocycles. The number of fused-ring (bicyclic) bond motifs is 1. The van der Waals surface area contributed by atoms with Crippen LogP contribution in [0.4, 0.5) is 5.13 Å². The molecule has 146 valence electrons. The van der Waals surface area contributed by atoms with E-state index >= 15 is 0 Å². The van der Waals surface area contributed by atoms with Gasteiger partial charge in [0.2, 0.25) is 0 Å². The molecule has 0 aliphatic rings. The molecule has 0 aliphatic heterocycles. The Bertz CT molecular complexity index is 1180. The highest BCUT2D eigenvalue weighted by atomic mass is 32.1. The maximum atomic E-state index is 12.5. The third kappa shape index (κ3) is 4.20. The molecule has 0 bridgehead atoms. The average molecular weight is 406 g/mol. The van der Waals surface area contributed by atoms with Crippen LogP contribution in [0.25, 0.3) is 21.5 Å². The maximum Gasteiger partial charge on any atom is 0.338 e. The lowest BCUT2D eigenvalue weighted by Crippen LogP contribution is -2.11. The summed E-state index contributed by atoms with van der Waals surface area (Å²) >= 11 is 1.28. The summed E-state index contributed by atoms with van der Waals surface area (Å²) in [6.45, 7) is 3.60. The summed E-state index contributed by atoms with van der Waals surface area (Å²) in [4.78, 5) is 29.0. The number of furan rings is 1. The number of amides is 1. The normalized spacial score (nSPS) is 11.0. The first-order valence-corrected chi connectivity index (χ1v) is 9.89. The number of carbonyl (C=O) groups is 2. The number of hydrogen-bond acceptors (Lipinski definition) is 6. The van der Waals surface area contributed by atoms with Gasteiger partial charge in [-0.1, -0.05) is 41.7 Å². The van der Waals surface area contributed by atoms with Crippen molar-refractivity contribution < 1.29 is 18.7 Å². The highest BCUT2D eigenvalue weighted by Crippen LogP contribution is 2.28. The Kier molecular flexibility index (Phi) is 5.14. The molecular weight excluding hydrogens is 388 g/mol. The Hall–Kier alpha value is -3.45. The van der Waals surface area contributed by atoms with Gasteiger partial charge in [-0.2, -0.15) is 0 Å². The second kappa shape index (κ2) is 7.89. The first-order valence-electron chi connectivity index (χ1n) is 9.08. The molecule has 0 spiro atoms. The molecule has 1 N–H and O–H groups in total. The molecule has 0 radical (unpaired) electrons. The van der Waals surface area contributed by atoms with Crippen molar-refractivity contribution in [2.24, 2.45) is 0 Å². The molecule has 1 amide bonds. The zero-order chi connectivity index (χ0) is 20.4. The topological polar surface area (TPSA) is 81.4 Å². The first-order chi connectivity index (χ1) is 14.0. The highest BCUT2D eigenvalue weighted by Gasteiger charge is 2.16. The van der Waals surface area contributed by atoms with Gasteiger partial charge in [-0.3, -0.25) is 10.1 Å². The average Bonchev–Trinajstić information content (AvgIpc) is 3.34. The Morgan fingerprint density at radius 2 is 1.86 bits per heavy atom. The quantitative estimate of drug-likeness (QED) is 0.450. The number of rotatable bonds is 5. The molecule has 29 heavy (non-hydrogen) atoms. The van der Waals surface area contributed by atoms with Gasteiger partial charge in [-0.15, -0.1) is 0 Å². The Morgan fingerprint density at radius 3 is 2.62 bits per heavy atom. The number of anilines is 1. The molecule has 2 aromatic carbocycles. The zero-order valence-corrected chi connectivity index (χ0v) is 16.7. The van der Waals surface area contributed by atoms with Crippen LogP contribution in [0.2, 0.25) is 0 Å². The lowest BCUT2D eigenvalue weighted by molar-refractivity contribution is 0.0378. The van der Waals surface area contributed by atoms with Gasteiger partial charge in [0.25, 0.3) is 5.91 Å². The standard InChI is InChI=1S/C22H18N2O4S/c1-13(2)27-21(26)15-8-9-16-19(12-15)29-22(23-16)24-20(25)18-11-10-17(28-18)14-6-4-3-5-7-14/h3-13H,1-2H3,(H,23,24,25). The number of ether oxygens (including phenoxy) is 1. The zero-order valence-electron chi connectivity index (χ0n) is 15.8. The molecule has 0 aliphatic carbocycles. The van der Waals surface area contributed by atoms with Gasteiger partial charge in [-0.25, -0.2) is 9.78 Å². The minimum Gasteiger partial charge on any atom is -0.459 e. The van der Waals surface area contributed by atoms with E-state index in [1.165, 1.54) is 11.3 Å². The lowest BCUT2D eigenvalue weighted by Gasteiger charge is -2.07. The van der Waals surface area contributed by atoms with E-state index in [-0.39, 0.29) is 23.7 Å². The fraction of sp³-hybridized carbons (Fsp3) is 0.136. The van der Waals surface area contributed by atoms with Crippen molar-refractivity contribution in [3.63, 3.8) is 0 Å². The number of nitrogens with one attached hydrogen (secondary N) is 1. The number of benzene rings is 2. The van der Waals surface area contributed by atoms with Crippen LogP contribution in [-0.2, 0) is 4.74 Å². The van der Waals surface area contributed by atoms with E-state index in [0.717, 1.165) is 10.3 Å². The molecule has 7 heteroatoms. The lowest BCUT2D eigenvalue weighted by atomic mass is 10.2. The molecule has 6 nitrogen and oxygen atoms in total. The van der Waals surface area contributed by atoms with Gasteiger partial charge in [0.1, 0.15) is 5.76 Å². The third-order valence-electron chi connectivity index (χ3n) is 4.08. The van der Waals surface area contributed by atoms with Crippen molar-refractivity contribution in [3.05, 3.63) is 72.0 Å². The monoisotopic (exact) mass is 406 g/mol. The molecule has 0 saturated heterocycles. The van der Waals surface area contributed by atoms with Crippen molar-refractivity contribution in [2.75, 3.05) is 5.32 Å². The Balaban J connectivity index is 1.51. The molecule has 0 fully saturated rings. The van der Waals surface area contributed by atoms with E-state index in [2.05, 4.69) is 10.3 Å². The fourth-order valence-electron chi connectivity index (χ4n) is 2.76. The molecule has 0 atom stereocenters. The Labute approximate surface area is 171 Å². The van der Waals surface area contributed by atoms with E-state index in [1.54, 1.807) is 44.2 Å². The van der Waals surface area contributed by atoms with Gasteiger partial charge >= 0.3 is 5.97 Å². The largest absolute Gasteiger partial charge is 0.459 e. The number of hydrogen-bond donors (Lipinski definition) is 1. The minimum atomic E-state index is -0.384. The van der Waals surface area contributed by atoms with Gasteiger partial charge in [-0.05, 0) is 44.2 Å². The van der Waals surface area contributed by atoms with Gasteiger partial charge in [0.05, 0.1) is 21.9 Å². The second-order valence-corrected chi connectivity index (χ2v) is 7.67. The van der Waals surface area contributed by atoms with Crippen LogP contribution in [0.1, 0.15) is 34.8 Å².